The number of aromatic nitrogens is 6. The van der Waals surface area contributed by atoms with Crippen molar-refractivity contribution in [3.05, 3.63) is 18.5 Å². The molecule has 3 heterocycles. The fourth-order valence-corrected chi connectivity index (χ4v) is 3.22. The summed E-state index contributed by atoms with van der Waals surface area (Å²) in [5.41, 5.74) is 1.21. The van der Waals surface area contributed by atoms with Gasteiger partial charge in [-0.05, 0) is 12.8 Å². The van der Waals surface area contributed by atoms with Crippen molar-refractivity contribution in [2.75, 3.05) is 0 Å². The number of rotatable bonds is 3. The first-order valence-corrected chi connectivity index (χ1v) is 6.95. The highest BCUT2D eigenvalue weighted by atomic mass is 16.4. The van der Waals surface area contributed by atoms with Gasteiger partial charge in [-0.3, -0.25) is 9.20 Å². The number of H-pyrrole nitrogens is 1. The lowest BCUT2D eigenvalue weighted by Gasteiger charge is -2.22. The lowest BCUT2D eigenvalue weighted by molar-refractivity contribution is -0.148. The predicted octanol–water partition coefficient (Wildman–Crippen LogP) is 1.19. The molecule has 2 N–H and O–H groups in total. The highest BCUT2D eigenvalue weighted by Gasteiger charge is 2.42. The average molecular weight is 286 g/mol. The van der Waals surface area contributed by atoms with Crippen LogP contribution in [0.2, 0.25) is 0 Å². The molecule has 1 saturated carbocycles. The second-order valence-electron chi connectivity index (χ2n) is 5.62. The van der Waals surface area contributed by atoms with E-state index in [0.717, 1.165) is 12.8 Å². The Kier molecular flexibility index (Phi) is 2.47. The number of hydrogen-bond donors (Lipinski definition) is 2. The van der Waals surface area contributed by atoms with Crippen LogP contribution in [-0.4, -0.2) is 40.6 Å². The first-order chi connectivity index (χ1) is 10.2. The van der Waals surface area contributed by atoms with Crippen molar-refractivity contribution in [1.82, 2.24) is 29.5 Å². The van der Waals surface area contributed by atoms with Crippen molar-refractivity contribution < 1.29 is 9.90 Å². The highest BCUT2D eigenvalue weighted by Crippen LogP contribution is 2.41. The van der Waals surface area contributed by atoms with E-state index in [9.17, 15) is 9.90 Å². The monoisotopic (exact) mass is 286 g/mol. The van der Waals surface area contributed by atoms with Gasteiger partial charge in [0.25, 0.3) is 0 Å². The Labute approximate surface area is 119 Å². The van der Waals surface area contributed by atoms with Gasteiger partial charge in [0.05, 0.1) is 11.7 Å². The number of nitrogens with one attached hydrogen (secondary N) is 1. The second-order valence-corrected chi connectivity index (χ2v) is 5.62. The molecular formula is C13H14N6O2. The van der Waals surface area contributed by atoms with Gasteiger partial charge in [0.2, 0.25) is 0 Å². The molecule has 0 saturated heterocycles. The van der Waals surface area contributed by atoms with Crippen LogP contribution in [-0.2, 0) is 11.2 Å². The molecular weight excluding hydrogens is 272 g/mol. The minimum atomic E-state index is -0.743. The van der Waals surface area contributed by atoms with Crippen LogP contribution in [0.4, 0.5) is 0 Å². The molecule has 3 aromatic rings. The number of aromatic amines is 1. The van der Waals surface area contributed by atoms with Gasteiger partial charge in [-0.25, -0.2) is 9.97 Å². The summed E-state index contributed by atoms with van der Waals surface area (Å²) in [6, 6.07) is 0. The first-order valence-electron chi connectivity index (χ1n) is 6.95. The third kappa shape index (κ3) is 1.71. The van der Waals surface area contributed by atoms with Gasteiger partial charge in [0.15, 0.2) is 11.3 Å². The third-order valence-corrected chi connectivity index (χ3v) is 4.42. The average Bonchev–Trinajstić information content (AvgIpc) is 3.17. The van der Waals surface area contributed by atoms with Crippen LogP contribution in [0.25, 0.3) is 16.8 Å². The van der Waals surface area contributed by atoms with E-state index < -0.39 is 11.4 Å². The molecule has 1 aliphatic rings. The third-order valence-electron chi connectivity index (χ3n) is 4.42. The van der Waals surface area contributed by atoms with Crippen LogP contribution < -0.4 is 0 Å². The van der Waals surface area contributed by atoms with Gasteiger partial charge in [-0.1, -0.05) is 12.8 Å². The van der Waals surface area contributed by atoms with Crippen LogP contribution in [0, 0.1) is 5.41 Å². The number of carbonyl (C=O) groups is 1. The number of imidazole rings is 1. The number of carboxylic acid groups (broad SMARTS) is 1. The van der Waals surface area contributed by atoms with Crippen LogP contribution in [0.5, 0.6) is 0 Å². The second kappa shape index (κ2) is 4.24. The summed E-state index contributed by atoms with van der Waals surface area (Å²) in [4.78, 5) is 23.0. The van der Waals surface area contributed by atoms with Crippen LogP contribution in [0.15, 0.2) is 12.7 Å². The van der Waals surface area contributed by atoms with Gasteiger partial charge in [0.1, 0.15) is 17.7 Å². The molecule has 21 heavy (non-hydrogen) atoms. The molecule has 0 radical (unpaired) electrons. The molecule has 0 aromatic carbocycles. The fraction of sp³-hybridized carbons (Fsp3) is 0.462. The number of carboxylic acids is 1. The zero-order chi connectivity index (χ0) is 14.4. The fourth-order valence-electron chi connectivity index (χ4n) is 3.22. The van der Waals surface area contributed by atoms with E-state index in [4.69, 9.17) is 0 Å². The molecule has 4 rings (SSSR count). The summed E-state index contributed by atoms with van der Waals surface area (Å²) in [6.07, 6.45) is 6.83. The Bertz CT molecular complexity index is 830. The van der Waals surface area contributed by atoms with E-state index in [0.29, 0.717) is 41.9 Å². The SMILES string of the molecule is O=C(O)C1(Cc2nnc3c4[nH]cnc4ncn23)CCCC1. The zero-order valence-corrected chi connectivity index (χ0v) is 11.3. The summed E-state index contributed by atoms with van der Waals surface area (Å²) in [5.74, 6) is -0.106. The number of nitrogens with zero attached hydrogens (tertiary/aromatic N) is 5. The van der Waals surface area contributed by atoms with E-state index >= 15 is 0 Å². The van der Waals surface area contributed by atoms with E-state index in [1.165, 1.54) is 0 Å². The molecule has 0 aliphatic heterocycles. The van der Waals surface area contributed by atoms with Crippen LogP contribution in [0.3, 0.4) is 0 Å². The number of aliphatic carboxylic acids is 1. The zero-order valence-electron chi connectivity index (χ0n) is 11.3. The van der Waals surface area contributed by atoms with Crippen molar-refractivity contribution in [3.8, 4) is 0 Å². The lowest BCUT2D eigenvalue weighted by atomic mass is 9.82. The quantitative estimate of drug-likeness (QED) is 0.748. The van der Waals surface area contributed by atoms with Gasteiger partial charge in [0, 0.05) is 6.42 Å². The van der Waals surface area contributed by atoms with Gasteiger partial charge >= 0.3 is 5.97 Å². The van der Waals surface area contributed by atoms with Crippen LogP contribution in [0.1, 0.15) is 31.5 Å². The molecule has 1 aliphatic carbocycles. The number of fused-ring (bicyclic) bond motifs is 3. The lowest BCUT2D eigenvalue weighted by Crippen LogP contribution is -2.31. The number of hydrogen-bond acceptors (Lipinski definition) is 5. The Morgan fingerprint density at radius 1 is 1.33 bits per heavy atom. The van der Waals surface area contributed by atoms with E-state index in [1.807, 2.05) is 0 Å². The molecule has 1 fully saturated rings. The molecule has 0 amide bonds. The maximum atomic E-state index is 11.7. The smallest absolute Gasteiger partial charge is 0.310 e. The van der Waals surface area contributed by atoms with Crippen molar-refractivity contribution >= 4 is 22.8 Å². The largest absolute Gasteiger partial charge is 0.481 e. The normalized spacial score (nSPS) is 17.7. The van der Waals surface area contributed by atoms with E-state index in [1.54, 1.807) is 17.1 Å². The summed E-state index contributed by atoms with van der Waals surface area (Å²) in [5, 5.41) is 17.9. The van der Waals surface area contributed by atoms with Crippen molar-refractivity contribution in [1.29, 1.82) is 0 Å². The topological polar surface area (TPSA) is 109 Å². The first kappa shape index (κ1) is 12.2. The molecule has 8 nitrogen and oxygen atoms in total. The maximum Gasteiger partial charge on any atom is 0.310 e. The molecule has 108 valence electrons. The highest BCUT2D eigenvalue weighted by molar-refractivity contribution is 5.84. The van der Waals surface area contributed by atoms with Crippen molar-refractivity contribution in [2.24, 2.45) is 5.41 Å². The minimum absolute atomic E-state index is 0.380. The summed E-state index contributed by atoms with van der Waals surface area (Å²) in [6.45, 7) is 0. The predicted molar refractivity (Wildman–Crippen MR) is 72.7 cm³/mol. The van der Waals surface area contributed by atoms with Gasteiger partial charge in [-0.2, -0.15) is 0 Å². The molecule has 0 spiro atoms. The van der Waals surface area contributed by atoms with Gasteiger partial charge in [-0.15, -0.1) is 10.2 Å². The van der Waals surface area contributed by atoms with E-state index in [-0.39, 0.29) is 0 Å². The standard InChI is InChI=1S/C13H14N6O2/c20-12(21)13(3-1-2-4-13)5-8-17-18-11-9-10(15-6-14-9)16-7-19(8)11/h6-7H,1-5H2,(H,14,15)(H,20,21). The molecule has 3 aromatic heterocycles. The van der Waals surface area contributed by atoms with Crippen molar-refractivity contribution in [3.63, 3.8) is 0 Å². The van der Waals surface area contributed by atoms with E-state index in [2.05, 4.69) is 25.1 Å². The Morgan fingerprint density at radius 3 is 2.90 bits per heavy atom. The Hall–Kier alpha value is -2.51. The molecule has 0 bridgehead atoms. The van der Waals surface area contributed by atoms with Crippen LogP contribution >= 0.6 is 0 Å². The minimum Gasteiger partial charge on any atom is -0.481 e. The summed E-state index contributed by atoms with van der Waals surface area (Å²) >= 11 is 0. The molecule has 0 unspecified atom stereocenters. The molecule has 0 atom stereocenters. The summed E-state index contributed by atoms with van der Waals surface area (Å²) in [7, 11) is 0. The Balaban J connectivity index is 1.82. The summed E-state index contributed by atoms with van der Waals surface area (Å²) < 4.78 is 1.75. The van der Waals surface area contributed by atoms with Crippen molar-refractivity contribution in [2.45, 2.75) is 32.1 Å². The molecule has 8 heteroatoms. The maximum absolute atomic E-state index is 11.7. The van der Waals surface area contributed by atoms with Gasteiger partial charge < -0.3 is 10.1 Å². The Morgan fingerprint density at radius 2 is 2.14 bits per heavy atom.